The van der Waals surface area contributed by atoms with Gasteiger partial charge < -0.3 is 9.88 Å². The van der Waals surface area contributed by atoms with Crippen molar-refractivity contribution in [2.45, 2.75) is 6.04 Å². The minimum atomic E-state index is -0.372. The molecule has 0 aliphatic rings. The second-order valence-electron chi connectivity index (χ2n) is 6.84. The van der Waals surface area contributed by atoms with Crippen LogP contribution in [0.2, 0.25) is 0 Å². The normalized spacial score (nSPS) is 12.2. The molecule has 5 nitrogen and oxygen atoms in total. The molecule has 5 aromatic rings. The molecule has 2 aromatic carbocycles. The van der Waals surface area contributed by atoms with Crippen LogP contribution < -0.4 is 5.32 Å². The van der Waals surface area contributed by atoms with Gasteiger partial charge in [0.1, 0.15) is 21.8 Å². The van der Waals surface area contributed by atoms with Gasteiger partial charge in [-0.3, -0.25) is 4.79 Å². The standard InChI is InChI=1S/C23H18N4OS2/c1-27-17-11-6-5-10-16(17)25-21(27)20(15-8-3-2-4-9-15)26-22(28)19-14-24-23(30-19)18-12-7-13-29-18/h2-14,20H,1H3,(H,26,28). The molecule has 0 spiro atoms. The summed E-state index contributed by atoms with van der Waals surface area (Å²) in [5.74, 6) is 0.634. The molecule has 1 amide bonds. The lowest BCUT2D eigenvalue weighted by Gasteiger charge is -2.18. The SMILES string of the molecule is Cn1c(C(NC(=O)c2cnc(-c3cccs3)s2)c2ccccc2)nc2ccccc21. The molecule has 0 fully saturated rings. The first-order valence-electron chi connectivity index (χ1n) is 9.47. The van der Waals surface area contributed by atoms with Crippen LogP contribution in [0.25, 0.3) is 20.9 Å². The summed E-state index contributed by atoms with van der Waals surface area (Å²) < 4.78 is 2.04. The quantitative estimate of drug-likeness (QED) is 0.413. The van der Waals surface area contributed by atoms with Gasteiger partial charge in [-0.05, 0) is 29.1 Å². The molecule has 30 heavy (non-hydrogen) atoms. The molecule has 3 heterocycles. The van der Waals surface area contributed by atoms with Crippen molar-refractivity contribution in [3.8, 4) is 9.88 Å². The van der Waals surface area contributed by atoms with E-state index in [9.17, 15) is 4.79 Å². The molecule has 7 heteroatoms. The Labute approximate surface area is 181 Å². The zero-order chi connectivity index (χ0) is 20.5. The van der Waals surface area contributed by atoms with Crippen molar-refractivity contribution in [1.29, 1.82) is 0 Å². The van der Waals surface area contributed by atoms with Crippen LogP contribution in [0.5, 0.6) is 0 Å². The van der Waals surface area contributed by atoms with E-state index in [0.717, 1.165) is 32.3 Å². The number of hydrogen-bond acceptors (Lipinski definition) is 5. The van der Waals surface area contributed by atoms with E-state index in [4.69, 9.17) is 4.98 Å². The molecule has 0 saturated heterocycles. The number of amides is 1. The third-order valence-electron chi connectivity index (χ3n) is 4.95. The van der Waals surface area contributed by atoms with Gasteiger partial charge in [0.25, 0.3) is 5.91 Å². The Balaban J connectivity index is 1.51. The number of thiazole rings is 1. The summed E-state index contributed by atoms with van der Waals surface area (Å²) >= 11 is 3.02. The van der Waals surface area contributed by atoms with Gasteiger partial charge in [0.2, 0.25) is 0 Å². The van der Waals surface area contributed by atoms with Crippen molar-refractivity contribution in [1.82, 2.24) is 19.9 Å². The van der Waals surface area contributed by atoms with Crippen LogP contribution in [0.4, 0.5) is 0 Å². The Morgan fingerprint density at radius 2 is 1.83 bits per heavy atom. The Morgan fingerprint density at radius 1 is 1.03 bits per heavy atom. The number of para-hydroxylation sites is 2. The zero-order valence-corrected chi connectivity index (χ0v) is 17.8. The summed E-state index contributed by atoms with van der Waals surface area (Å²) in [6.07, 6.45) is 1.64. The first kappa shape index (κ1) is 18.7. The number of aromatic nitrogens is 3. The molecule has 148 valence electrons. The monoisotopic (exact) mass is 430 g/mol. The summed E-state index contributed by atoms with van der Waals surface area (Å²) in [6.45, 7) is 0. The van der Waals surface area contributed by atoms with Gasteiger partial charge in [-0.1, -0.05) is 48.5 Å². The van der Waals surface area contributed by atoms with E-state index in [-0.39, 0.29) is 11.9 Å². The zero-order valence-electron chi connectivity index (χ0n) is 16.1. The van der Waals surface area contributed by atoms with Crippen LogP contribution in [-0.4, -0.2) is 20.4 Å². The highest BCUT2D eigenvalue weighted by Crippen LogP contribution is 2.30. The first-order valence-corrected chi connectivity index (χ1v) is 11.2. The van der Waals surface area contributed by atoms with Crippen molar-refractivity contribution in [2.75, 3.05) is 0 Å². The van der Waals surface area contributed by atoms with Gasteiger partial charge in [-0.15, -0.1) is 22.7 Å². The van der Waals surface area contributed by atoms with Crippen molar-refractivity contribution >= 4 is 39.6 Å². The number of carbonyl (C=O) groups is 1. The lowest BCUT2D eigenvalue weighted by molar-refractivity contribution is 0.0945. The van der Waals surface area contributed by atoms with Crippen LogP contribution in [-0.2, 0) is 7.05 Å². The number of carbonyl (C=O) groups excluding carboxylic acids is 1. The third-order valence-corrected chi connectivity index (χ3v) is 6.98. The average molecular weight is 431 g/mol. The number of aryl methyl sites for hydroxylation is 1. The molecule has 1 N–H and O–H groups in total. The maximum absolute atomic E-state index is 13.1. The van der Waals surface area contributed by atoms with Gasteiger partial charge in [0.15, 0.2) is 0 Å². The van der Waals surface area contributed by atoms with E-state index < -0.39 is 0 Å². The molecule has 0 aliphatic heterocycles. The van der Waals surface area contributed by atoms with Crippen LogP contribution in [0.1, 0.15) is 27.1 Å². The number of nitrogens with zero attached hydrogens (tertiary/aromatic N) is 3. The molecule has 5 rings (SSSR count). The number of imidazole rings is 1. The van der Waals surface area contributed by atoms with Crippen molar-refractivity contribution in [2.24, 2.45) is 7.05 Å². The maximum atomic E-state index is 13.1. The maximum Gasteiger partial charge on any atom is 0.263 e. The molecule has 3 aromatic heterocycles. The van der Waals surface area contributed by atoms with E-state index in [1.54, 1.807) is 17.5 Å². The molecule has 1 atom stereocenters. The number of nitrogens with one attached hydrogen (secondary N) is 1. The van der Waals surface area contributed by atoms with Gasteiger partial charge in [-0.25, -0.2) is 9.97 Å². The highest BCUT2D eigenvalue weighted by Gasteiger charge is 2.24. The van der Waals surface area contributed by atoms with E-state index in [2.05, 4.69) is 10.3 Å². The summed E-state index contributed by atoms with van der Waals surface area (Å²) in [5.41, 5.74) is 2.91. The fourth-order valence-corrected chi connectivity index (χ4v) is 5.08. The van der Waals surface area contributed by atoms with Gasteiger partial charge in [0, 0.05) is 7.05 Å². The van der Waals surface area contributed by atoms with Crippen LogP contribution in [0.15, 0.2) is 78.3 Å². The molecular weight excluding hydrogens is 412 g/mol. The second-order valence-corrected chi connectivity index (χ2v) is 8.82. The van der Waals surface area contributed by atoms with E-state index in [1.807, 2.05) is 83.7 Å². The average Bonchev–Trinajstić information content (AvgIpc) is 3.53. The summed E-state index contributed by atoms with van der Waals surface area (Å²) in [4.78, 5) is 24.0. The lowest BCUT2D eigenvalue weighted by Crippen LogP contribution is -2.30. The van der Waals surface area contributed by atoms with Crippen molar-refractivity contribution in [3.63, 3.8) is 0 Å². The van der Waals surface area contributed by atoms with Crippen LogP contribution >= 0.6 is 22.7 Å². The van der Waals surface area contributed by atoms with Crippen molar-refractivity contribution < 1.29 is 4.79 Å². The number of benzene rings is 2. The third kappa shape index (κ3) is 3.42. The molecule has 0 bridgehead atoms. The van der Waals surface area contributed by atoms with Crippen molar-refractivity contribution in [3.05, 3.63) is 94.6 Å². The second kappa shape index (κ2) is 7.85. The molecule has 1 unspecified atom stereocenters. The predicted molar refractivity (Wildman–Crippen MR) is 122 cm³/mol. The highest BCUT2D eigenvalue weighted by molar-refractivity contribution is 7.22. The number of fused-ring (bicyclic) bond motifs is 1. The number of hydrogen-bond donors (Lipinski definition) is 1. The van der Waals surface area contributed by atoms with Gasteiger partial charge in [0.05, 0.1) is 22.1 Å². The van der Waals surface area contributed by atoms with E-state index in [1.165, 1.54) is 11.3 Å². The highest BCUT2D eigenvalue weighted by atomic mass is 32.1. The van der Waals surface area contributed by atoms with Gasteiger partial charge in [-0.2, -0.15) is 0 Å². The van der Waals surface area contributed by atoms with E-state index in [0.29, 0.717) is 4.88 Å². The smallest absolute Gasteiger partial charge is 0.263 e. The summed E-state index contributed by atoms with van der Waals surface area (Å²) in [7, 11) is 1.98. The lowest BCUT2D eigenvalue weighted by atomic mass is 10.1. The van der Waals surface area contributed by atoms with Crippen LogP contribution in [0, 0.1) is 0 Å². The van der Waals surface area contributed by atoms with E-state index >= 15 is 0 Å². The van der Waals surface area contributed by atoms with Gasteiger partial charge >= 0.3 is 0 Å². The Kier molecular flexibility index (Phi) is 4.90. The molecule has 0 saturated carbocycles. The Bertz CT molecular complexity index is 1310. The Morgan fingerprint density at radius 3 is 2.60 bits per heavy atom. The molecule has 0 radical (unpaired) electrons. The van der Waals surface area contributed by atoms with Crippen LogP contribution in [0.3, 0.4) is 0 Å². The largest absolute Gasteiger partial charge is 0.337 e. The fraction of sp³-hybridized carbons (Fsp3) is 0.0870. The summed E-state index contributed by atoms with van der Waals surface area (Å²) in [5, 5.41) is 6.04. The molecular formula is C23H18N4OS2. The molecule has 0 aliphatic carbocycles. The first-order chi connectivity index (χ1) is 14.7. The topological polar surface area (TPSA) is 59.8 Å². The fourth-order valence-electron chi connectivity index (χ4n) is 3.46. The predicted octanol–water partition coefficient (Wildman–Crippen LogP) is 5.28. The minimum absolute atomic E-state index is 0.156. The minimum Gasteiger partial charge on any atom is -0.337 e. The Hall–Kier alpha value is -3.29. The number of thiophene rings is 1. The summed E-state index contributed by atoms with van der Waals surface area (Å²) in [6, 6.07) is 21.5. The number of rotatable bonds is 5.